The van der Waals surface area contributed by atoms with Gasteiger partial charge in [-0.05, 0) is 42.0 Å². The number of rotatable bonds is 3. The molecule has 2 rings (SSSR count). The van der Waals surface area contributed by atoms with Crippen LogP contribution in [0, 0.1) is 3.57 Å². The third kappa shape index (κ3) is 3.15. The van der Waals surface area contributed by atoms with Crippen molar-refractivity contribution in [1.29, 1.82) is 0 Å². The van der Waals surface area contributed by atoms with E-state index in [0.29, 0.717) is 5.95 Å². The number of nitrogens with one attached hydrogen (secondary N) is 1. The van der Waals surface area contributed by atoms with E-state index in [2.05, 4.69) is 63.9 Å². The Kier molecular flexibility index (Phi) is 3.61. The van der Waals surface area contributed by atoms with Crippen molar-refractivity contribution in [3.63, 3.8) is 0 Å². The summed E-state index contributed by atoms with van der Waals surface area (Å²) in [5, 5.41) is 3.34. The number of anilines is 1. The molecule has 0 atom stereocenters. The first-order valence-corrected chi connectivity index (χ1v) is 6.47. The quantitative estimate of drug-likeness (QED) is 0.871. The Labute approximate surface area is 115 Å². The first-order chi connectivity index (χ1) is 8.08. The average molecular weight is 339 g/mol. The summed E-state index contributed by atoms with van der Waals surface area (Å²) in [6.45, 7) is 4.23. The van der Waals surface area contributed by atoms with Gasteiger partial charge in [-0.25, -0.2) is 9.97 Å². The van der Waals surface area contributed by atoms with E-state index in [1.165, 1.54) is 5.56 Å². The van der Waals surface area contributed by atoms with Crippen molar-refractivity contribution in [2.45, 2.75) is 19.4 Å². The van der Waals surface area contributed by atoms with Crippen LogP contribution in [0.25, 0.3) is 0 Å². The van der Waals surface area contributed by atoms with Gasteiger partial charge < -0.3 is 5.32 Å². The molecular weight excluding hydrogens is 325 g/mol. The molecule has 0 aliphatic heterocycles. The SMILES string of the molecule is CC(C)(Nc1ncc(I)cn1)c1ccccc1. The summed E-state index contributed by atoms with van der Waals surface area (Å²) in [5.74, 6) is 0.652. The molecule has 0 aliphatic rings. The van der Waals surface area contributed by atoms with Crippen LogP contribution in [0.1, 0.15) is 19.4 Å². The van der Waals surface area contributed by atoms with Gasteiger partial charge in [0.1, 0.15) is 0 Å². The Morgan fingerprint density at radius 3 is 2.24 bits per heavy atom. The minimum Gasteiger partial charge on any atom is -0.345 e. The van der Waals surface area contributed by atoms with E-state index in [-0.39, 0.29) is 5.54 Å². The van der Waals surface area contributed by atoms with Gasteiger partial charge in [0, 0.05) is 16.0 Å². The summed E-state index contributed by atoms with van der Waals surface area (Å²) in [6.07, 6.45) is 3.61. The van der Waals surface area contributed by atoms with Crippen LogP contribution in [0.3, 0.4) is 0 Å². The molecule has 0 saturated carbocycles. The fourth-order valence-electron chi connectivity index (χ4n) is 1.58. The fourth-order valence-corrected chi connectivity index (χ4v) is 1.86. The molecular formula is C13H14IN3. The number of halogens is 1. The Balaban J connectivity index is 2.20. The molecule has 17 heavy (non-hydrogen) atoms. The number of benzene rings is 1. The molecule has 4 heteroatoms. The molecule has 88 valence electrons. The fraction of sp³-hybridized carbons (Fsp3) is 0.231. The van der Waals surface area contributed by atoms with Gasteiger partial charge >= 0.3 is 0 Å². The molecule has 0 spiro atoms. The molecule has 1 N–H and O–H groups in total. The van der Waals surface area contributed by atoms with Gasteiger partial charge in [-0.1, -0.05) is 30.3 Å². The molecule has 0 unspecified atom stereocenters. The lowest BCUT2D eigenvalue weighted by atomic mass is 9.95. The molecule has 0 bridgehead atoms. The minimum atomic E-state index is -0.186. The standard InChI is InChI=1S/C13H14IN3/c1-13(2,10-6-4-3-5-7-10)17-12-15-8-11(14)9-16-12/h3-9H,1-2H3,(H,15,16,17). The van der Waals surface area contributed by atoms with Gasteiger partial charge in [0.25, 0.3) is 0 Å². The highest BCUT2D eigenvalue weighted by atomic mass is 127. The van der Waals surface area contributed by atoms with Crippen LogP contribution in [-0.4, -0.2) is 9.97 Å². The number of nitrogens with zero attached hydrogens (tertiary/aromatic N) is 2. The molecule has 1 aromatic heterocycles. The van der Waals surface area contributed by atoms with Crippen molar-refractivity contribution in [2.75, 3.05) is 5.32 Å². The van der Waals surface area contributed by atoms with Crippen LogP contribution in [0.2, 0.25) is 0 Å². The monoisotopic (exact) mass is 339 g/mol. The van der Waals surface area contributed by atoms with Crippen molar-refractivity contribution in [1.82, 2.24) is 9.97 Å². The van der Waals surface area contributed by atoms with Crippen LogP contribution < -0.4 is 5.32 Å². The first kappa shape index (κ1) is 12.3. The summed E-state index contributed by atoms with van der Waals surface area (Å²) in [4.78, 5) is 8.52. The maximum absolute atomic E-state index is 4.26. The van der Waals surface area contributed by atoms with E-state index in [1.807, 2.05) is 18.2 Å². The first-order valence-electron chi connectivity index (χ1n) is 5.39. The topological polar surface area (TPSA) is 37.8 Å². The van der Waals surface area contributed by atoms with E-state index in [1.54, 1.807) is 12.4 Å². The lowest BCUT2D eigenvalue weighted by Gasteiger charge is -2.26. The van der Waals surface area contributed by atoms with E-state index >= 15 is 0 Å². The third-order valence-electron chi connectivity index (χ3n) is 2.54. The zero-order valence-electron chi connectivity index (χ0n) is 9.81. The van der Waals surface area contributed by atoms with Gasteiger partial charge in [-0.15, -0.1) is 0 Å². The Morgan fingerprint density at radius 1 is 1.06 bits per heavy atom. The van der Waals surface area contributed by atoms with Crippen molar-refractivity contribution in [3.8, 4) is 0 Å². The molecule has 0 radical (unpaired) electrons. The number of hydrogen-bond acceptors (Lipinski definition) is 3. The summed E-state index contributed by atoms with van der Waals surface area (Å²) >= 11 is 2.19. The second-order valence-corrected chi connectivity index (χ2v) is 5.59. The highest BCUT2D eigenvalue weighted by Crippen LogP contribution is 2.23. The summed E-state index contributed by atoms with van der Waals surface area (Å²) in [7, 11) is 0. The number of hydrogen-bond donors (Lipinski definition) is 1. The number of aromatic nitrogens is 2. The van der Waals surface area contributed by atoms with Crippen molar-refractivity contribution in [3.05, 3.63) is 51.9 Å². The maximum Gasteiger partial charge on any atom is 0.223 e. The van der Waals surface area contributed by atoms with Crippen LogP contribution in [-0.2, 0) is 5.54 Å². The minimum absolute atomic E-state index is 0.186. The summed E-state index contributed by atoms with van der Waals surface area (Å²) < 4.78 is 1.03. The summed E-state index contributed by atoms with van der Waals surface area (Å²) in [6, 6.07) is 10.3. The van der Waals surface area contributed by atoms with Gasteiger partial charge in [0.2, 0.25) is 5.95 Å². The Hall–Kier alpha value is -1.17. The molecule has 0 saturated heterocycles. The molecule has 0 fully saturated rings. The lowest BCUT2D eigenvalue weighted by Crippen LogP contribution is -2.28. The second kappa shape index (κ2) is 5.00. The lowest BCUT2D eigenvalue weighted by molar-refractivity contribution is 0.601. The van der Waals surface area contributed by atoms with Crippen LogP contribution >= 0.6 is 22.6 Å². The predicted molar refractivity (Wildman–Crippen MR) is 77.8 cm³/mol. The van der Waals surface area contributed by atoms with Crippen molar-refractivity contribution < 1.29 is 0 Å². The Morgan fingerprint density at radius 2 is 1.65 bits per heavy atom. The average Bonchev–Trinajstić information content (AvgIpc) is 2.33. The highest BCUT2D eigenvalue weighted by molar-refractivity contribution is 14.1. The summed E-state index contributed by atoms with van der Waals surface area (Å²) in [5.41, 5.74) is 1.02. The molecule has 2 aromatic rings. The van der Waals surface area contributed by atoms with E-state index in [0.717, 1.165) is 3.57 Å². The third-order valence-corrected chi connectivity index (χ3v) is 3.10. The van der Waals surface area contributed by atoms with Gasteiger partial charge in [-0.3, -0.25) is 0 Å². The predicted octanol–water partition coefficient (Wildman–Crippen LogP) is 3.43. The van der Waals surface area contributed by atoms with E-state index in [9.17, 15) is 0 Å². The van der Waals surface area contributed by atoms with Crippen LogP contribution in [0.4, 0.5) is 5.95 Å². The second-order valence-electron chi connectivity index (χ2n) is 4.34. The zero-order chi connectivity index (χ0) is 12.3. The van der Waals surface area contributed by atoms with E-state index < -0.39 is 0 Å². The highest BCUT2D eigenvalue weighted by Gasteiger charge is 2.20. The van der Waals surface area contributed by atoms with Crippen LogP contribution in [0.5, 0.6) is 0 Å². The normalized spacial score (nSPS) is 11.2. The maximum atomic E-state index is 4.26. The van der Waals surface area contributed by atoms with Gasteiger partial charge in [-0.2, -0.15) is 0 Å². The van der Waals surface area contributed by atoms with Gasteiger partial charge in [0.05, 0.1) is 5.54 Å². The van der Waals surface area contributed by atoms with E-state index in [4.69, 9.17) is 0 Å². The van der Waals surface area contributed by atoms with Crippen molar-refractivity contribution >= 4 is 28.5 Å². The molecule has 3 nitrogen and oxygen atoms in total. The van der Waals surface area contributed by atoms with Crippen molar-refractivity contribution in [2.24, 2.45) is 0 Å². The molecule has 1 heterocycles. The largest absolute Gasteiger partial charge is 0.345 e. The van der Waals surface area contributed by atoms with Gasteiger partial charge in [0.15, 0.2) is 0 Å². The molecule has 1 aromatic carbocycles. The zero-order valence-corrected chi connectivity index (χ0v) is 12.0. The molecule has 0 amide bonds. The van der Waals surface area contributed by atoms with Crippen LogP contribution in [0.15, 0.2) is 42.7 Å². The smallest absolute Gasteiger partial charge is 0.223 e. The Bertz CT molecular complexity index is 480. The molecule has 0 aliphatic carbocycles.